The molecule has 2 heterocycles. The standard InChI is InChI=1S/C18H14ClFN6OS/c19-13-7-3-2-6-12(13)17-22-16(27-25-17)10-28-18-24-23-15(26(18)21)9-11-5-1-4-8-14(11)20/h1-8H,9-10,21H2. The van der Waals surface area contributed by atoms with Gasteiger partial charge in [-0.1, -0.05) is 58.9 Å². The van der Waals surface area contributed by atoms with Crippen LogP contribution in [0.5, 0.6) is 0 Å². The second kappa shape index (κ2) is 7.99. The average Bonchev–Trinajstić information content (AvgIpc) is 3.30. The van der Waals surface area contributed by atoms with E-state index in [-0.39, 0.29) is 12.2 Å². The van der Waals surface area contributed by atoms with Crippen LogP contribution >= 0.6 is 23.4 Å². The molecule has 28 heavy (non-hydrogen) atoms. The number of halogens is 2. The maximum absolute atomic E-state index is 13.8. The minimum absolute atomic E-state index is 0.244. The number of hydrogen-bond donors (Lipinski definition) is 1. The zero-order chi connectivity index (χ0) is 19.5. The molecule has 10 heteroatoms. The van der Waals surface area contributed by atoms with Gasteiger partial charge in [0, 0.05) is 12.0 Å². The highest BCUT2D eigenvalue weighted by atomic mass is 35.5. The molecule has 0 aliphatic rings. The second-order valence-electron chi connectivity index (χ2n) is 5.82. The molecule has 0 atom stereocenters. The minimum atomic E-state index is -0.308. The summed E-state index contributed by atoms with van der Waals surface area (Å²) in [7, 11) is 0. The first-order valence-electron chi connectivity index (χ1n) is 8.25. The smallest absolute Gasteiger partial charge is 0.237 e. The molecular weight excluding hydrogens is 403 g/mol. The zero-order valence-electron chi connectivity index (χ0n) is 14.4. The highest BCUT2D eigenvalue weighted by Gasteiger charge is 2.16. The van der Waals surface area contributed by atoms with Crippen molar-refractivity contribution < 1.29 is 8.91 Å². The van der Waals surface area contributed by atoms with E-state index in [0.717, 1.165) is 0 Å². The Morgan fingerprint density at radius 2 is 1.89 bits per heavy atom. The molecule has 4 aromatic rings. The Morgan fingerprint density at radius 3 is 2.71 bits per heavy atom. The van der Waals surface area contributed by atoms with Gasteiger partial charge in [0.15, 0.2) is 5.82 Å². The van der Waals surface area contributed by atoms with Gasteiger partial charge in [-0.05, 0) is 23.8 Å². The Hall–Kier alpha value is -2.91. The quantitative estimate of drug-likeness (QED) is 0.378. The van der Waals surface area contributed by atoms with Gasteiger partial charge < -0.3 is 10.4 Å². The third-order valence-electron chi connectivity index (χ3n) is 3.95. The SMILES string of the molecule is Nn1c(Cc2ccccc2F)nnc1SCc1nc(-c2ccccc2Cl)no1. The fraction of sp³-hybridized carbons (Fsp3) is 0.111. The second-order valence-corrected chi connectivity index (χ2v) is 7.17. The molecule has 0 spiro atoms. The Morgan fingerprint density at radius 1 is 1.11 bits per heavy atom. The number of thioether (sulfide) groups is 1. The van der Waals surface area contributed by atoms with Gasteiger partial charge in [-0.25, -0.2) is 9.07 Å². The van der Waals surface area contributed by atoms with E-state index in [1.54, 1.807) is 24.3 Å². The molecule has 0 fully saturated rings. The van der Waals surface area contributed by atoms with Crippen LogP contribution < -0.4 is 5.84 Å². The lowest BCUT2D eigenvalue weighted by Crippen LogP contribution is -2.14. The van der Waals surface area contributed by atoms with Crippen LogP contribution in [0.15, 0.2) is 58.2 Å². The van der Waals surface area contributed by atoms with Crippen LogP contribution in [-0.4, -0.2) is 25.0 Å². The monoisotopic (exact) mass is 416 g/mol. The number of aromatic nitrogens is 5. The number of nitrogen functional groups attached to an aromatic ring is 1. The number of rotatable bonds is 6. The van der Waals surface area contributed by atoms with Crippen molar-refractivity contribution in [2.75, 3.05) is 5.84 Å². The molecule has 2 aromatic heterocycles. The molecule has 0 aliphatic heterocycles. The van der Waals surface area contributed by atoms with Crippen LogP contribution in [0.25, 0.3) is 11.4 Å². The largest absolute Gasteiger partial charge is 0.338 e. The lowest BCUT2D eigenvalue weighted by molar-refractivity contribution is 0.391. The molecule has 0 bridgehead atoms. The zero-order valence-corrected chi connectivity index (χ0v) is 16.0. The van der Waals surface area contributed by atoms with E-state index >= 15 is 0 Å². The number of hydrogen-bond acceptors (Lipinski definition) is 7. The van der Waals surface area contributed by atoms with Gasteiger partial charge in [0.2, 0.25) is 16.9 Å². The summed E-state index contributed by atoms with van der Waals surface area (Å²) in [6.45, 7) is 0. The highest BCUT2D eigenvalue weighted by Crippen LogP contribution is 2.26. The Balaban J connectivity index is 1.44. The Kier molecular flexibility index (Phi) is 5.27. The van der Waals surface area contributed by atoms with E-state index in [2.05, 4.69) is 20.3 Å². The van der Waals surface area contributed by atoms with Crippen molar-refractivity contribution in [2.24, 2.45) is 0 Å². The van der Waals surface area contributed by atoms with Crippen LogP contribution in [0, 0.1) is 5.82 Å². The van der Waals surface area contributed by atoms with E-state index in [9.17, 15) is 4.39 Å². The predicted octanol–water partition coefficient (Wildman–Crippen LogP) is 3.72. The van der Waals surface area contributed by atoms with Crippen molar-refractivity contribution in [2.45, 2.75) is 17.3 Å². The number of nitrogens with two attached hydrogens (primary N) is 1. The van der Waals surface area contributed by atoms with Gasteiger partial charge in [-0.2, -0.15) is 4.98 Å². The number of nitrogens with zero attached hydrogens (tertiary/aromatic N) is 5. The summed E-state index contributed by atoms with van der Waals surface area (Å²) in [5.74, 6) is 7.36. The van der Waals surface area contributed by atoms with E-state index in [1.165, 1.54) is 22.5 Å². The van der Waals surface area contributed by atoms with Crippen LogP contribution in [0.4, 0.5) is 4.39 Å². The topological polar surface area (TPSA) is 95.7 Å². The summed E-state index contributed by atoms with van der Waals surface area (Å²) in [5, 5.41) is 13.1. The van der Waals surface area contributed by atoms with Crippen LogP contribution in [0.1, 0.15) is 17.3 Å². The summed E-state index contributed by atoms with van der Waals surface area (Å²) < 4.78 is 20.4. The van der Waals surface area contributed by atoms with Crippen molar-refractivity contribution in [3.8, 4) is 11.4 Å². The molecule has 0 amide bonds. The first-order chi connectivity index (χ1) is 13.6. The van der Waals surface area contributed by atoms with Crippen molar-refractivity contribution >= 4 is 23.4 Å². The van der Waals surface area contributed by atoms with Crippen molar-refractivity contribution in [3.63, 3.8) is 0 Å². The summed E-state index contributed by atoms with van der Waals surface area (Å²) in [4.78, 5) is 4.34. The normalized spacial score (nSPS) is 11.1. The molecule has 0 aliphatic carbocycles. The lowest BCUT2D eigenvalue weighted by Gasteiger charge is -2.04. The molecule has 142 valence electrons. The van der Waals surface area contributed by atoms with Crippen LogP contribution in [-0.2, 0) is 12.2 Å². The summed E-state index contributed by atoms with van der Waals surface area (Å²) >= 11 is 7.44. The predicted molar refractivity (Wildman–Crippen MR) is 104 cm³/mol. The highest BCUT2D eigenvalue weighted by molar-refractivity contribution is 7.98. The van der Waals surface area contributed by atoms with Gasteiger partial charge in [0.1, 0.15) is 5.82 Å². The maximum Gasteiger partial charge on any atom is 0.237 e. The molecule has 4 rings (SSSR count). The number of benzene rings is 2. The molecule has 0 radical (unpaired) electrons. The van der Waals surface area contributed by atoms with Crippen LogP contribution in [0.2, 0.25) is 5.02 Å². The lowest BCUT2D eigenvalue weighted by atomic mass is 10.1. The molecule has 0 saturated heterocycles. The fourth-order valence-electron chi connectivity index (χ4n) is 2.53. The Bertz CT molecular complexity index is 1110. The molecule has 2 aromatic carbocycles. The van der Waals surface area contributed by atoms with Crippen molar-refractivity contribution in [3.05, 3.63) is 76.6 Å². The third-order valence-corrected chi connectivity index (χ3v) is 5.21. The van der Waals surface area contributed by atoms with Gasteiger partial charge in [-0.3, -0.25) is 0 Å². The summed E-state index contributed by atoms with van der Waals surface area (Å²) in [6, 6.07) is 13.7. The molecule has 2 N–H and O–H groups in total. The van der Waals surface area contributed by atoms with Crippen molar-refractivity contribution in [1.29, 1.82) is 0 Å². The molecule has 0 saturated carbocycles. The summed E-state index contributed by atoms with van der Waals surface area (Å²) in [6.07, 6.45) is 0.244. The van der Waals surface area contributed by atoms with E-state index in [1.807, 2.05) is 18.2 Å². The summed E-state index contributed by atoms with van der Waals surface area (Å²) in [5.41, 5.74) is 1.19. The Labute approximate surface area is 168 Å². The van der Waals surface area contributed by atoms with E-state index in [0.29, 0.717) is 44.6 Å². The molecule has 7 nitrogen and oxygen atoms in total. The van der Waals surface area contributed by atoms with Crippen LogP contribution in [0.3, 0.4) is 0 Å². The maximum atomic E-state index is 13.8. The fourth-order valence-corrected chi connectivity index (χ4v) is 3.46. The first kappa shape index (κ1) is 18.5. The third kappa shape index (κ3) is 3.85. The average molecular weight is 417 g/mol. The van der Waals surface area contributed by atoms with Gasteiger partial charge in [0.25, 0.3) is 0 Å². The minimum Gasteiger partial charge on any atom is -0.338 e. The molecular formula is C18H14ClFN6OS. The van der Waals surface area contributed by atoms with Gasteiger partial charge >= 0.3 is 0 Å². The first-order valence-corrected chi connectivity index (χ1v) is 9.61. The van der Waals surface area contributed by atoms with Gasteiger partial charge in [0.05, 0.1) is 10.8 Å². The van der Waals surface area contributed by atoms with E-state index < -0.39 is 0 Å². The van der Waals surface area contributed by atoms with E-state index in [4.69, 9.17) is 22.0 Å². The van der Waals surface area contributed by atoms with Gasteiger partial charge in [-0.15, -0.1) is 10.2 Å². The molecule has 0 unspecified atom stereocenters. The van der Waals surface area contributed by atoms with Crippen molar-refractivity contribution in [1.82, 2.24) is 25.0 Å².